The number of amides is 2. The molecular formula is C17H16N6O2. The molecule has 8 heteroatoms. The molecule has 3 aromatic rings. The molecule has 25 heavy (non-hydrogen) atoms. The van der Waals surface area contributed by atoms with Crippen molar-refractivity contribution in [2.24, 2.45) is 0 Å². The molecule has 1 unspecified atom stereocenters. The molecule has 1 atom stereocenters. The van der Waals surface area contributed by atoms with Gasteiger partial charge >= 0.3 is 0 Å². The van der Waals surface area contributed by atoms with Gasteiger partial charge in [0.05, 0.1) is 0 Å². The van der Waals surface area contributed by atoms with Crippen LogP contribution in [0.4, 0.5) is 11.4 Å². The van der Waals surface area contributed by atoms with Gasteiger partial charge in [0.2, 0.25) is 5.91 Å². The SMILES string of the molecule is CC(=O)Nc1cccc(NC(=O)C(c2ccccc2)n2cnnn2)c1. The van der Waals surface area contributed by atoms with Gasteiger partial charge in [-0.1, -0.05) is 36.4 Å². The predicted octanol–water partition coefficient (Wildman–Crippen LogP) is 1.86. The molecule has 0 bridgehead atoms. The highest BCUT2D eigenvalue weighted by Crippen LogP contribution is 2.21. The van der Waals surface area contributed by atoms with Gasteiger partial charge in [-0.15, -0.1) is 5.10 Å². The molecule has 1 heterocycles. The summed E-state index contributed by atoms with van der Waals surface area (Å²) < 4.78 is 1.39. The summed E-state index contributed by atoms with van der Waals surface area (Å²) in [7, 11) is 0. The Morgan fingerprint density at radius 3 is 2.36 bits per heavy atom. The summed E-state index contributed by atoms with van der Waals surface area (Å²) >= 11 is 0. The lowest BCUT2D eigenvalue weighted by Gasteiger charge is -2.17. The number of hydrogen-bond acceptors (Lipinski definition) is 5. The summed E-state index contributed by atoms with van der Waals surface area (Å²) in [6, 6.07) is 15.4. The number of benzene rings is 2. The molecule has 0 fully saturated rings. The Bertz CT molecular complexity index is 864. The number of hydrogen-bond donors (Lipinski definition) is 2. The van der Waals surface area contributed by atoms with E-state index in [1.54, 1.807) is 24.3 Å². The van der Waals surface area contributed by atoms with Crippen LogP contribution in [-0.4, -0.2) is 32.0 Å². The topological polar surface area (TPSA) is 102 Å². The second-order valence-corrected chi connectivity index (χ2v) is 5.35. The van der Waals surface area contributed by atoms with Crippen molar-refractivity contribution >= 4 is 23.2 Å². The van der Waals surface area contributed by atoms with Crippen LogP contribution in [0.2, 0.25) is 0 Å². The van der Waals surface area contributed by atoms with Crippen molar-refractivity contribution in [3.8, 4) is 0 Å². The van der Waals surface area contributed by atoms with Crippen LogP contribution in [0.25, 0.3) is 0 Å². The van der Waals surface area contributed by atoms with Gasteiger partial charge < -0.3 is 10.6 Å². The quantitative estimate of drug-likeness (QED) is 0.740. The zero-order chi connectivity index (χ0) is 17.6. The number of carbonyl (C=O) groups is 2. The van der Waals surface area contributed by atoms with Gasteiger partial charge in [-0.05, 0) is 34.2 Å². The fourth-order valence-electron chi connectivity index (χ4n) is 2.43. The van der Waals surface area contributed by atoms with E-state index in [1.807, 2.05) is 30.3 Å². The zero-order valence-corrected chi connectivity index (χ0v) is 13.5. The molecule has 0 aliphatic heterocycles. The molecule has 0 saturated heterocycles. The van der Waals surface area contributed by atoms with E-state index in [9.17, 15) is 9.59 Å². The summed E-state index contributed by atoms with van der Waals surface area (Å²) in [6.45, 7) is 1.43. The Morgan fingerprint density at radius 2 is 1.72 bits per heavy atom. The number of carbonyl (C=O) groups excluding carboxylic acids is 2. The Kier molecular flexibility index (Phi) is 4.79. The number of nitrogens with one attached hydrogen (secondary N) is 2. The van der Waals surface area contributed by atoms with Crippen LogP contribution in [0.5, 0.6) is 0 Å². The van der Waals surface area contributed by atoms with Crippen molar-refractivity contribution in [3.05, 3.63) is 66.5 Å². The van der Waals surface area contributed by atoms with E-state index in [4.69, 9.17) is 0 Å². The van der Waals surface area contributed by atoms with E-state index < -0.39 is 6.04 Å². The van der Waals surface area contributed by atoms with E-state index in [0.29, 0.717) is 11.4 Å². The summed E-state index contributed by atoms with van der Waals surface area (Å²) in [6.07, 6.45) is 1.39. The Balaban J connectivity index is 1.85. The molecule has 3 rings (SSSR count). The van der Waals surface area contributed by atoms with Crippen molar-refractivity contribution in [1.82, 2.24) is 20.2 Å². The first-order valence-corrected chi connectivity index (χ1v) is 7.59. The van der Waals surface area contributed by atoms with Crippen LogP contribution in [0.3, 0.4) is 0 Å². The first-order chi connectivity index (χ1) is 12.1. The number of tetrazole rings is 1. The first-order valence-electron chi connectivity index (χ1n) is 7.59. The summed E-state index contributed by atoms with van der Waals surface area (Å²) in [5, 5.41) is 16.6. The second kappa shape index (κ2) is 7.35. The summed E-state index contributed by atoms with van der Waals surface area (Å²) in [4.78, 5) is 24.0. The maximum atomic E-state index is 12.8. The number of anilines is 2. The van der Waals surface area contributed by atoms with Gasteiger partial charge in [0, 0.05) is 18.3 Å². The van der Waals surface area contributed by atoms with E-state index >= 15 is 0 Å². The molecule has 0 aliphatic carbocycles. The van der Waals surface area contributed by atoms with Gasteiger partial charge in [-0.2, -0.15) is 0 Å². The van der Waals surface area contributed by atoms with Crippen molar-refractivity contribution < 1.29 is 9.59 Å². The van der Waals surface area contributed by atoms with Crippen molar-refractivity contribution in [1.29, 1.82) is 0 Å². The van der Waals surface area contributed by atoms with Crippen LogP contribution in [0, 0.1) is 0 Å². The first kappa shape index (κ1) is 16.3. The van der Waals surface area contributed by atoms with E-state index in [-0.39, 0.29) is 11.8 Å². The highest BCUT2D eigenvalue weighted by atomic mass is 16.2. The molecule has 1 aromatic heterocycles. The average Bonchev–Trinajstić information content (AvgIpc) is 3.10. The third-order valence-corrected chi connectivity index (χ3v) is 3.44. The minimum Gasteiger partial charge on any atom is -0.326 e. The molecule has 126 valence electrons. The Labute approximate surface area is 143 Å². The van der Waals surface area contributed by atoms with Crippen LogP contribution >= 0.6 is 0 Å². The van der Waals surface area contributed by atoms with Crippen LogP contribution in [0.1, 0.15) is 18.5 Å². The van der Waals surface area contributed by atoms with Gasteiger partial charge in [-0.25, -0.2) is 4.68 Å². The monoisotopic (exact) mass is 336 g/mol. The van der Waals surface area contributed by atoms with Gasteiger partial charge in [0.15, 0.2) is 6.04 Å². The number of aromatic nitrogens is 4. The normalized spacial score (nSPS) is 11.6. The maximum absolute atomic E-state index is 12.8. The van der Waals surface area contributed by atoms with Crippen molar-refractivity contribution in [2.75, 3.05) is 10.6 Å². The lowest BCUT2D eigenvalue weighted by molar-refractivity contribution is -0.118. The molecule has 8 nitrogen and oxygen atoms in total. The third-order valence-electron chi connectivity index (χ3n) is 3.44. The average molecular weight is 336 g/mol. The van der Waals surface area contributed by atoms with Gasteiger partial charge in [0.1, 0.15) is 6.33 Å². The highest BCUT2D eigenvalue weighted by Gasteiger charge is 2.24. The molecule has 0 spiro atoms. The summed E-state index contributed by atoms with van der Waals surface area (Å²) in [5.74, 6) is -0.474. The molecule has 0 saturated carbocycles. The minimum atomic E-state index is -0.708. The van der Waals surface area contributed by atoms with Crippen LogP contribution in [0.15, 0.2) is 60.9 Å². The van der Waals surface area contributed by atoms with Crippen LogP contribution < -0.4 is 10.6 Å². The van der Waals surface area contributed by atoms with E-state index in [0.717, 1.165) is 5.56 Å². The van der Waals surface area contributed by atoms with Crippen molar-refractivity contribution in [2.45, 2.75) is 13.0 Å². The smallest absolute Gasteiger partial charge is 0.253 e. The van der Waals surface area contributed by atoms with Crippen LogP contribution in [-0.2, 0) is 9.59 Å². The van der Waals surface area contributed by atoms with Gasteiger partial charge in [-0.3, -0.25) is 9.59 Å². The molecule has 2 aromatic carbocycles. The fourth-order valence-corrected chi connectivity index (χ4v) is 2.43. The van der Waals surface area contributed by atoms with E-state index in [1.165, 1.54) is 17.9 Å². The Morgan fingerprint density at radius 1 is 1.00 bits per heavy atom. The van der Waals surface area contributed by atoms with E-state index in [2.05, 4.69) is 26.2 Å². The second-order valence-electron chi connectivity index (χ2n) is 5.35. The molecular weight excluding hydrogens is 320 g/mol. The molecule has 0 radical (unpaired) electrons. The lowest BCUT2D eigenvalue weighted by Crippen LogP contribution is -2.27. The predicted molar refractivity (Wildman–Crippen MR) is 91.8 cm³/mol. The molecule has 2 N–H and O–H groups in total. The minimum absolute atomic E-state index is 0.181. The van der Waals surface area contributed by atoms with Crippen molar-refractivity contribution in [3.63, 3.8) is 0 Å². The zero-order valence-electron chi connectivity index (χ0n) is 13.5. The Hall–Kier alpha value is -3.55. The number of nitrogens with zero attached hydrogens (tertiary/aromatic N) is 4. The highest BCUT2D eigenvalue weighted by molar-refractivity contribution is 5.96. The third kappa shape index (κ3) is 4.05. The number of rotatable bonds is 5. The summed E-state index contributed by atoms with van der Waals surface area (Å²) in [5.41, 5.74) is 1.92. The van der Waals surface area contributed by atoms with Gasteiger partial charge in [0.25, 0.3) is 5.91 Å². The fraction of sp³-hybridized carbons (Fsp3) is 0.118. The lowest BCUT2D eigenvalue weighted by atomic mass is 10.1. The molecule has 0 aliphatic rings. The largest absolute Gasteiger partial charge is 0.326 e. The molecule has 2 amide bonds. The standard InChI is InChI=1S/C17H16N6O2/c1-12(24)19-14-8-5-9-15(10-14)20-17(25)16(23-11-18-21-22-23)13-6-3-2-4-7-13/h2-11,16H,1H3,(H,19,24)(H,20,25). The maximum Gasteiger partial charge on any atom is 0.253 e.